The molecule has 0 spiro atoms. The number of aromatic nitrogens is 3. The molecule has 1 aliphatic carbocycles. The topological polar surface area (TPSA) is 88.9 Å². The summed E-state index contributed by atoms with van der Waals surface area (Å²) in [6.07, 6.45) is 1.55. The third-order valence-corrected chi connectivity index (χ3v) is 8.42. The molecule has 2 N–H and O–H groups in total. The molecule has 7 nitrogen and oxygen atoms in total. The summed E-state index contributed by atoms with van der Waals surface area (Å²) in [6.45, 7) is 1.10. The number of aryl methyl sites for hydroxylation is 1. The molecule has 36 heavy (non-hydrogen) atoms. The normalized spacial score (nSPS) is 14.2. The number of nitrogens with one attached hydrogen (secondary N) is 2. The molecule has 0 radical (unpaired) electrons. The monoisotopic (exact) mass is 622 g/mol. The van der Waals surface area contributed by atoms with Crippen molar-refractivity contribution in [3.63, 3.8) is 0 Å². The predicted molar refractivity (Wildman–Crippen MR) is 146 cm³/mol. The summed E-state index contributed by atoms with van der Waals surface area (Å²) in [4.78, 5) is 42.5. The highest BCUT2D eigenvalue weighted by Crippen LogP contribution is 2.52. The molecular formula is C25H21F2IN4O3S. The van der Waals surface area contributed by atoms with Gasteiger partial charge in [-0.3, -0.25) is 23.7 Å². The quantitative estimate of drug-likeness (QED) is 0.303. The number of fused-ring (bicyclic) bond motifs is 1. The first-order valence-electron chi connectivity index (χ1n) is 11.1. The van der Waals surface area contributed by atoms with Gasteiger partial charge in [0.25, 0.3) is 11.1 Å². The summed E-state index contributed by atoms with van der Waals surface area (Å²) in [5.74, 6) is -0.505. The Morgan fingerprint density at radius 3 is 2.58 bits per heavy atom. The number of H-pyrrole nitrogens is 1. The summed E-state index contributed by atoms with van der Waals surface area (Å²) >= 11 is 3.40. The van der Waals surface area contributed by atoms with Gasteiger partial charge in [0.15, 0.2) is 0 Å². The zero-order chi connectivity index (χ0) is 25.8. The van der Waals surface area contributed by atoms with Gasteiger partial charge in [0.2, 0.25) is 0 Å². The maximum absolute atomic E-state index is 14.6. The third kappa shape index (κ3) is 4.27. The van der Waals surface area contributed by atoms with Crippen LogP contribution in [0.1, 0.15) is 18.4 Å². The fraction of sp³-hybridized carbons (Fsp3) is 0.240. The number of anilines is 2. The number of rotatable bonds is 6. The summed E-state index contributed by atoms with van der Waals surface area (Å²) in [6, 6.07) is 11.5. The Balaban J connectivity index is 1.76. The van der Waals surface area contributed by atoms with Crippen LogP contribution in [0.15, 0.2) is 61.7 Å². The van der Waals surface area contributed by atoms with E-state index in [0.717, 1.165) is 17.7 Å². The summed E-state index contributed by atoms with van der Waals surface area (Å²) in [5.41, 5.74) is -1.08. The van der Waals surface area contributed by atoms with E-state index in [-0.39, 0.29) is 28.0 Å². The maximum atomic E-state index is 14.6. The number of hydrogen-bond donors (Lipinski definition) is 2. The molecule has 2 aromatic heterocycles. The van der Waals surface area contributed by atoms with Crippen LogP contribution in [0.3, 0.4) is 0 Å². The van der Waals surface area contributed by atoms with Crippen molar-refractivity contribution in [3.05, 3.63) is 88.6 Å². The number of thioether (sulfide) groups is 1. The van der Waals surface area contributed by atoms with Crippen LogP contribution in [0.2, 0.25) is 0 Å². The van der Waals surface area contributed by atoms with Gasteiger partial charge in [0.1, 0.15) is 23.7 Å². The first-order valence-corrected chi connectivity index (χ1v) is 13.0. The minimum atomic E-state index is -0.718. The molecule has 1 fully saturated rings. The Hall–Kier alpha value is -2.93. The largest absolute Gasteiger partial charge is 0.338 e. The average Bonchev–Trinajstić information content (AvgIpc) is 3.61. The number of halogens is 3. The van der Waals surface area contributed by atoms with Crippen molar-refractivity contribution in [2.24, 2.45) is 7.05 Å². The van der Waals surface area contributed by atoms with E-state index in [4.69, 9.17) is 0 Å². The molecule has 1 aliphatic rings. The molecule has 0 saturated heterocycles. The van der Waals surface area contributed by atoms with Crippen molar-refractivity contribution in [3.8, 4) is 5.69 Å². The Morgan fingerprint density at radius 2 is 1.92 bits per heavy atom. The SMILES string of the molecule is Cc1c(=O)n(C)c(Nc2ccc(I)cc2F)c2c(=O)[nH]c(=O)n(-c3cccc(SC4(CF)CC4)c3)c12. The summed E-state index contributed by atoms with van der Waals surface area (Å²) < 4.78 is 30.9. The smallest absolute Gasteiger partial charge is 0.333 e. The van der Waals surface area contributed by atoms with Gasteiger partial charge in [-0.05, 0) is 78.8 Å². The standard InChI is InChI=1S/C25H21F2IN4O3S/c1-13-20-19(21(31(2)23(13)34)29-18-7-6-14(28)10-17(18)27)22(33)30-24(35)32(20)15-4-3-5-16(11-15)36-25(12-26)8-9-25/h3-7,10-11,29H,8-9,12H2,1-2H3,(H,30,33,35). The van der Waals surface area contributed by atoms with E-state index < -0.39 is 34.0 Å². The zero-order valence-electron chi connectivity index (χ0n) is 19.3. The van der Waals surface area contributed by atoms with Gasteiger partial charge < -0.3 is 5.32 Å². The van der Waals surface area contributed by atoms with Crippen LogP contribution >= 0.6 is 34.4 Å². The summed E-state index contributed by atoms with van der Waals surface area (Å²) in [5, 5.41) is 2.91. The molecule has 2 heterocycles. The molecule has 4 aromatic rings. The fourth-order valence-corrected chi connectivity index (χ4v) is 5.82. The predicted octanol–water partition coefficient (Wildman–Crippen LogP) is 4.77. The van der Waals surface area contributed by atoms with Gasteiger partial charge in [0, 0.05) is 25.8 Å². The van der Waals surface area contributed by atoms with Crippen molar-refractivity contribution in [1.29, 1.82) is 0 Å². The Labute approximate surface area is 221 Å². The molecule has 2 aromatic carbocycles. The van der Waals surface area contributed by atoms with Crippen LogP contribution in [0, 0.1) is 16.3 Å². The van der Waals surface area contributed by atoms with Gasteiger partial charge in [0.05, 0.1) is 16.9 Å². The molecule has 5 rings (SSSR count). The zero-order valence-corrected chi connectivity index (χ0v) is 22.3. The molecule has 186 valence electrons. The average molecular weight is 622 g/mol. The molecule has 0 bridgehead atoms. The molecule has 1 saturated carbocycles. The van der Waals surface area contributed by atoms with Gasteiger partial charge in [-0.2, -0.15) is 0 Å². The maximum Gasteiger partial charge on any atom is 0.333 e. The lowest BCUT2D eigenvalue weighted by molar-refractivity contribution is 0.477. The van der Waals surface area contributed by atoms with Crippen molar-refractivity contribution >= 4 is 56.8 Å². The highest BCUT2D eigenvalue weighted by Gasteiger charge is 2.44. The second-order valence-corrected chi connectivity index (χ2v) is 11.6. The molecule has 0 unspecified atom stereocenters. The Bertz CT molecular complexity index is 1710. The van der Waals surface area contributed by atoms with E-state index in [1.165, 1.54) is 47.0 Å². The third-order valence-electron chi connectivity index (χ3n) is 6.31. The molecule has 0 aliphatic heterocycles. The van der Waals surface area contributed by atoms with E-state index in [2.05, 4.69) is 10.3 Å². The van der Waals surface area contributed by atoms with Crippen molar-refractivity contribution in [2.45, 2.75) is 29.4 Å². The lowest BCUT2D eigenvalue weighted by Gasteiger charge is -2.19. The summed E-state index contributed by atoms with van der Waals surface area (Å²) in [7, 11) is 1.47. The number of alkyl halides is 1. The number of benzene rings is 2. The lowest BCUT2D eigenvalue weighted by atomic mass is 10.1. The first kappa shape index (κ1) is 24.8. The molecule has 11 heteroatoms. The van der Waals surface area contributed by atoms with E-state index >= 15 is 0 Å². The molecular weight excluding hydrogens is 601 g/mol. The van der Waals surface area contributed by atoms with Crippen LogP contribution in [-0.4, -0.2) is 25.5 Å². The number of hydrogen-bond acceptors (Lipinski definition) is 5. The van der Waals surface area contributed by atoms with E-state index in [9.17, 15) is 23.2 Å². The first-order chi connectivity index (χ1) is 17.1. The van der Waals surface area contributed by atoms with E-state index in [0.29, 0.717) is 9.26 Å². The second-order valence-electron chi connectivity index (χ2n) is 8.82. The molecule has 0 amide bonds. The highest BCUT2D eigenvalue weighted by atomic mass is 127. The van der Waals surface area contributed by atoms with Crippen molar-refractivity contribution < 1.29 is 8.78 Å². The van der Waals surface area contributed by atoms with Crippen molar-refractivity contribution in [1.82, 2.24) is 14.1 Å². The van der Waals surface area contributed by atoms with Crippen LogP contribution < -0.4 is 22.1 Å². The van der Waals surface area contributed by atoms with Gasteiger partial charge in [-0.15, -0.1) is 11.8 Å². The van der Waals surface area contributed by atoms with Crippen LogP contribution in [0.4, 0.5) is 20.3 Å². The Morgan fingerprint density at radius 1 is 1.17 bits per heavy atom. The van der Waals surface area contributed by atoms with Crippen LogP contribution in [0.5, 0.6) is 0 Å². The van der Waals surface area contributed by atoms with Gasteiger partial charge in [-0.25, -0.2) is 13.6 Å². The second kappa shape index (κ2) is 9.18. The molecule has 0 atom stereocenters. The number of aromatic amines is 1. The minimum absolute atomic E-state index is 0.0348. The van der Waals surface area contributed by atoms with Crippen molar-refractivity contribution in [2.75, 3.05) is 12.0 Å². The minimum Gasteiger partial charge on any atom is -0.338 e. The number of nitrogens with zero attached hydrogens (tertiary/aromatic N) is 2. The van der Waals surface area contributed by atoms with E-state index in [1.807, 2.05) is 28.7 Å². The van der Waals surface area contributed by atoms with Crippen LogP contribution in [0.25, 0.3) is 16.6 Å². The van der Waals surface area contributed by atoms with Crippen LogP contribution in [-0.2, 0) is 7.05 Å². The van der Waals surface area contributed by atoms with E-state index in [1.54, 1.807) is 24.3 Å². The fourth-order valence-electron chi connectivity index (χ4n) is 4.18. The van der Waals surface area contributed by atoms with Gasteiger partial charge >= 0.3 is 5.69 Å². The highest BCUT2D eigenvalue weighted by molar-refractivity contribution is 14.1. The lowest BCUT2D eigenvalue weighted by Crippen LogP contribution is -2.34. The Kier molecular flexibility index (Phi) is 6.31. The number of pyridine rings is 1. The van der Waals surface area contributed by atoms with Gasteiger partial charge in [-0.1, -0.05) is 6.07 Å².